The van der Waals surface area contributed by atoms with Gasteiger partial charge in [-0.15, -0.1) is 0 Å². The highest BCUT2D eigenvalue weighted by Gasteiger charge is 2.07. The molecule has 78 valence electrons. The van der Waals surface area contributed by atoms with E-state index in [1.54, 1.807) is 18.2 Å². The highest BCUT2D eigenvalue weighted by atomic mass is 16.6. The highest BCUT2D eigenvalue weighted by Crippen LogP contribution is 2.12. The third-order valence-corrected chi connectivity index (χ3v) is 1.85. The maximum Gasteiger partial charge on any atom is 0.397 e. The van der Waals surface area contributed by atoms with Gasteiger partial charge in [0.05, 0.1) is 17.0 Å². The number of ether oxygens (including phenoxy) is 1. The monoisotopic (exact) mass is 205 g/mol. The van der Waals surface area contributed by atoms with Crippen molar-refractivity contribution in [2.24, 2.45) is 0 Å². The average Bonchev–Trinajstić information content (AvgIpc) is 2.16. The van der Waals surface area contributed by atoms with E-state index in [9.17, 15) is 4.79 Å². The largest absolute Gasteiger partial charge is 0.447 e. The van der Waals surface area contributed by atoms with E-state index in [1.165, 1.54) is 0 Å². The van der Waals surface area contributed by atoms with Crippen LogP contribution in [0.15, 0.2) is 33.5 Å². The fourth-order valence-corrected chi connectivity index (χ4v) is 1.25. The lowest BCUT2D eigenvalue weighted by Gasteiger charge is -2.06. The standard InChI is InChI=1S/C11H11NO3/c1-7(2)14-11-12-9-6-4-3-5-8(9)10(13)15-11/h3-7H,1-2H3. The number of hydrogen-bond donors (Lipinski definition) is 0. The Morgan fingerprint density at radius 3 is 2.80 bits per heavy atom. The topological polar surface area (TPSA) is 52.3 Å². The van der Waals surface area contributed by atoms with Gasteiger partial charge >= 0.3 is 11.7 Å². The van der Waals surface area contributed by atoms with Gasteiger partial charge in [0.1, 0.15) is 0 Å². The van der Waals surface area contributed by atoms with E-state index in [-0.39, 0.29) is 12.2 Å². The fourth-order valence-electron chi connectivity index (χ4n) is 1.25. The van der Waals surface area contributed by atoms with Crippen LogP contribution >= 0.6 is 0 Å². The Kier molecular flexibility index (Phi) is 2.41. The Morgan fingerprint density at radius 2 is 2.07 bits per heavy atom. The van der Waals surface area contributed by atoms with E-state index in [1.807, 2.05) is 19.9 Å². The molecule has 0 aliphatic carbocycles. The number of fused-ring (bicyclic) bond motifs is 1. The summed E-state index contributed by atoms with van der Waals surface area (Å²) in [5, 5.41) is 0.466. The molecule has 2 rings (SSSR count). The first-order chi connectivity index (χ1) is 7.16. The van der Waals surface area contributed by atoms with Gasteiger partial charge in [0, 0.05) is 0 Å². The van der Waals surface area contributed by atoms with Gasteiger partial charge in [-0.1, -0.05) is 12.1 Å². The number of aromatic nitrogens is 1. The average molecular weight is 205 g/mol. The van der Waals surface area contributed by atoms with Gasteiger partial charge in [0.2, 0.25) is 0 Å². The zero-order valence-corrected chi connectivity index (χ0v) is 8.56. The van der Waals surface area contributed by atoms with Crippen molar-refractivity contribution in [2.75, 3.05) is 0 Å². The van der Waals surface area contributed by atoms with Gasteiger partial charge in [-0.25, -0.2) is 4.79 Å². The van der Waals surface area contributed by atoms with Crippen LogP contribution in [0.25, 0.3) is 10.9 Å². The predicted molar refractivity (Wildman–Crippen MR) is 56.0 cm³/mol. The minimum absolute atomic E-state index is 0.0219. The van der Waals surface area contributed by atoms with Crippen molar-refractivity contribution in [3.63, 3.8) is 0 Å². The molecule has 15 heavy (non-hydrogen) atoms. The van der Waals surface area contributed by atoms with Gasteiger partial charge in [0.15, 0.2) is 0 Å². The van der Waals surface area contributed by atoms with E-state index in [2.05, 4.69) is 4.98 Å². The summed E-state index contributed by atoms with van der Waals surface area (Å²) in [6.07, 6.45) is -0.0458. The number of rotatable bonds is 2. The first kappa shape index (κ1) is 9.71. The molecule has 0 N–H and O–H groups in total. The van der Waals surface area contributed by atoms with Crippen LogP contribution in [0.1, 0.15) is 13.8 Å². The predicted octanol–water partition coefficient (Wildman–Crippen LogP) is 1.98. The summed E-state index contributed by atoms with van der Waals surface area (Å²) in [5.41, 5.74) is 0.167. The Balaban J connectivity index is 2.57. The van der Waals surface area contributed by atoms with Gasteiger partial charge < -0.3 is 9.15 Å². The van der Waals surface area contributed by atoms with E-state index in [4.69, 9.17) is 9.15 Å². The number of benzene rings is 1. The smallest absolute Gasteiger partial charge is 0.397 e. The lowest BCUT2D eigenvalue weighted by molar-refractivity contribution is 0.166. The summed E-state index contributed by atoms with van der Waals surface area (Å²) in [5.74, 6) is 0. The molecule has 0 atom stereocenters. The van der Waals surface area contributed by atoms with Crippen LogP contribution in [0.4, 0.5) is 0 Å². The quantitative estimate of drug-likeness (QED) is 0.752. The summed E-state index contributed by atoms with van der Waals surface area (Å²) in [4.78, 5) is 15.6. The molecule has 0 saturated carbocycles. The third-order valence-electron chi connectivity index (χ3n) is 1.85. The van der Waals surface area contributed by atoms with Gasteiger partial charge in [-0.05, 0) is 26.0 Å². The fraction of sp³-hybridized carbons (Fsp3) is 0.273. The summed E-state index contributed by atoms with van der Waals surface area (Å²) >= 11 is 0. The third kappa shape index (κ3) is 1.98. The number of para-hydroxylation sites is 1. The molecule has 0 amide bonds. The van der Waals surface area contributed by atoms with E-state index < -0.39 is 5.63 Å². The van der Waals surface area contributed by atoms with Crippen molar-refractivity contribution in [1.29, 1.82) is 0 Å². The molecule has 0 unspecified atom stereocenters. The summed E-state index contributed by atoms with van der Waals surface area (Å²) in [6, 6.07) is 7.00. The van der Waals surface area contributed by atoms with Crippen molar-refractivity contribution in [2.45, 2.75) is 20.0 Å². The van der Waals surface area contributed by atoms with Gasteiger partial charge in [-0.3, -0.25) is 0 Å². The van der Waals surface area contributed by atoms with Crippen LogP contribution < -0.4 is 10.4 Å². The molecular formula is C11H11NO3. The Hall–Kier alpha value is -1.84. The number of hydrogen-bond acceptors (Lipinski definition) is 4. The minimum Gasteiger partial charge on any atom is -0.447 e. The van der Waals surface area contributed by atoms with Crippen LogP contribution in [-0.4, -0.2) is 11.1 Å². The molecule has 0 fully saturated rings. The van der Waals surface area contributed by atoms with Crippen LogP contribution in [-0.2, 0) is 0 Å². The molecule has 1 aromatic heterocycles. The summed E-state index contributed by atoms with van der Waals surface area (Å²) in [7, 11) is 0. The Labute approximate surface area is 86.5 Å². The molecule has 1 heterocycles. The summed E-state index contributed by atoms with van der Waals surface area (Å²) in [6.45, 7) is 3.69. The molecule has 4 nitrogen and oxygen atoms in total. The van der Waals surface area contributed by atoms with Crippen molar-refractivity contribution in [3.05, 3.63) is 34.7 Å². The van der Waals surface area contributed by atoms with Crippen LogP contribution in [0.5, 0.6) is 6.08 Å². The normalized spacial score (nSPS) is 10.9. The molecule has 0 radical (unpaired) electrons. The molecule has 0 saturated heterocycles. The Bertz CT molecular complexity index is 531. The summed E-state index contributed by atoms with van der Waals surface area (Å²) < 4.78 is 10.1. The lowest BCUT2D eigenvalue weighted by atomic mass is 10.2. The zero-order valence-electron chi connectivity index (χ0n) is 8.56. The minimum atomic E-state index is -0.420. The molecule has 1 aromatic carbocycles. The van der Waals surface area contributed by atoms with Crippen LogP contribution in [0.3, 0.4) is 0 Å². The van der Waals surface area contributed by atoms with E-state index in [0.29, 0.717) is 10.9 Å². The van der Waals surface area contributed by atoms with Crippen molar-refractivity contribution in [3.8, 4) is 6.08 Å². The van der Waals surface area contributed by atoms with Gasteiger partial charge in [-0.2, -0.15) is 4.98 Å². The van der Waals surface area contributed by atoms with Crippen molar-refractivity contribution >= 4 is 10.9 Å². The molecule has 0 aliphatic rings. The second kappa shape index (κ2) is 3.73. The van der Waals surface area contributed by atoms with Crippen LogP contribution in [0, 0.1) is 0 Å². The number of nitrogens with zero attached hydrogens (tertiary/aromatic N) is 1. The van der Waals surface area contributed by atoms with Crippen molar-refractivity contribution < 1.29 is 9.15 Å². The maximum atomic E-state index is 11.5. The lowest BCUT2D eigenvalue weighted by Crippen LogP contribution is -2.10. The molecule has 0 bridgehead atoms. The molecule has 4 heteroatoms. The first-order valence-electron chi connectivity index (χ1n) is 4.73. The molecule has 2 aromatic rings. The first-order valence-corrected chi connectivity index (χ1v) is 4.73. The van der Waals surface area contributed by atoms with Crippen LogP contribution in [0.2, 0.25) is 0 Å². The Morgan fingerprint density at radius 1 is 1.33 bits per heavy atom. The van der Waals surface area contributed by atoms with Crippen molar-refractivity contribution in [1.82, 2.24) is 4.98 Å². The molecular weight excluding hydrogens is 194 g/mol. The van der Waals surface area contributed by atoms with E-state index in [0.717, 1.165) is 0 Å². The SMILES string of the molecule is CC(C)Oc1nc2ccccc2c(=O)o1. The molecule has 0 spiro atoms. The van der Waals surface area contributed by atoms with Gasteiger partial charge in [0.25, 0.3) is 0 Å². The van der Waals surface area contributed by atoms with E-state index >= 15 is 0 Å². The maximum absolute atomic E-state index is 11.5. The second-order valence-corrected chi connectivity index (χ2v) is 3.45. The molecule has 0 aliphatic heterocycles. The second-order valence-electron chi connectivity index (χ2n) is 3.45. The zero-order chi connectivity index (χ0) is 10.8. The highest BCUT2D eigenvalue weighted by molar-refractivity contribution is 5.76.